The van der Waals surface area contributed by atoms with Crippen molar-refractivity contribution in [2.24, 2.45) is 0 Å². The summed E-state index contributed by atoms with van der Waals surface area (Å²) in [5.74, 6) is 1.43. The summed E-state index contributed by atoms with van der Waals surface area (Å²) in [5.41, 5.74) is 0.666. The van der Waals surface area contributed by atoms with Crippen molar-refractivity contribution >= 4 is 33.4 Å². The molecule has 3 aromatic carbocycles. The number of anilines is 1. The SMILES string of the molecule is COc1ccc(S(=O)(=O)NC(C)C)cc1NC(=O)c1ccc(OCCSc2ccccc2)cc1. The molecule has 1 amide bonds. The average Bonchev–Trinajstić information content (AvgIpc) is 2.82. The van der Waals surface area contributed by atoms with E-state index in [4.69, 9.17) is 9.47 Å². The summed E-state index contributed by atoms with van der Waals surface area (Å²) in [7, 11) is -2.27. The fraction of sp³-hybridized carbons (Fsp3) is 0.240. The van der Waals surface area contributed by atoms with Crippen LogP contribution in [-0.2, 0) is 10.0 Å². The van der Waals surface area contributed by atoms with E-state index in [-0.39, 0.29) is 16.6 Å². The van der Waals surface area contributed by atoms with Crippen molar-refractivity contribution in [2.75, 3.05) is 24.8 Å². The summed E-state index contributed by atoms with van der Waals surface area (Å²) in [6, 6.07) is 20.9. The molecule has 3 aromatic rings. The zero-order chi connectivity index (χ0) is 24.6. The van der Waals surface area contributed by atoms with Crippen molar-refractivity contribution in [3.05, 3.63) is 78.4 Å². The van der Waals surface area contributed by atoms with Crippen LogP contribution in [0.3, 0.4) is 0 Å². The third-order valence-corrected chi connectivity index (χ3v) is 7.23. The number of nitrogens with one attached hydrogen (secondary N) is 2. The van der Waals surface area contributed by atoms with Crippen molar-refractivity contribution < 1.29 is 22.7 Å². The molecule has 0 fully saturated rings. The lowest BCUT2D eigenvalue weighted by Crippen LogP contribution is -2.30. The van der Waals surface area contributed by atoms with Crippen LogP contribution >= 0.6 is 11.8 Å². The van der Waals surface area contributed by atoms with E-state index in [1.54, 1.807) is 49.9 Å². The number of carbonyl (C=O) groups excluding carboxylic acids is 1. The highest BCUT2D eigenvalue weighted by atomic mass is 32.2. The molecule has 3 rings (SSSR count). The summed E-state index contributed by atoms with van der Waals surface area (Å²) in [5, 5.41) is 2.73. The van der Waals surface area contributed by atoms with Gasteiger partial charge in [-0.15, -0.1) is 11.8 Å². The fourth-order valence-electron chi connectivity index (χ4n) is 3.06. The molecule has 0 atom stereocenters. The molecule has 0 saturated heterocycles. The molecule has 9 heteroatoms. The molecule has 7 nitrogen and oxygen atoms in total. The van der Waals surface area contributed by atoms with E-state index in [0.29, 0.717) is 23.7 Å². The molecule has 0 bridgehead atoms. The topological polar surface area (TPSA) is 93.7 Å². The van der Waals surface area contributed by atoms with Crippen LogP contribution in [0.2, 0.25) is 0 Å². The zero-order valence-corrected chi connectivity index (χ0v) is 20.9. The van der Waals surface area contributed by atoms with Crippen LogP contribution in [0, 0.1) is 0 Å². The van der Waals surface area contributed by atoms with Gasteiger partial charge in [0.05, 0.1) is 24.3 Å². The second kappa shape index (κ2) is 11.9. The second-order valence-electron chi connectivity index (χ2n) is 7.63. The first-order valence-electron chi connectivity index (χ1n) is 10.7. The van der Waals surface area contributed by atoms with Gasteiger partial charge in [0.1, 0.15) is 11.5 Å². The Kier molecular flexibility index (Phi) is 8.98. The van der Waals surface area contributed by atoms with Crippen LogP contribution in [0.4, 0.5) is 5.69 Å². The first kappa shape index (κ1) is 25.6. The van der Waals surface area contributed by atoms with Gasteiger partial charge in [-0.2, -0.15) is 0 Å². The maximum absolute atomic E-state index is 12.8. The molecule has 0 heterocycles. The van der Waals surface area contributed by atoms with Gasteiger partial charge >= 0.3 is 0 Å². The van der Waals surface area contributed by atoms with Crippen LogP contribution in [0.5, 0.6) is 11.5 Å². The van der Waals surface area contributed by atoms with Gasteiger partial charge in [-0.1, -0.05) is 18.2 Å². The number of sulfonamides is 1. The third-order valence-electron chi connectivity index (χ3n) is 4.60. The maximum Gasteiger partial charge on any atom is 0.255 e. The number of rotatable bonds is 11. The molecule has 0 aliphatic heterocycles. The average molecular weight is 501 g/mol. The highest BCUT2D eigenvalue weighted by Crippen LogP contribution is 2.28. The minimum Gasteiger partial charge on any atom is -0.495 e. The predicted molar refractivity (Wildman–Crippen MR) is 136 cm³/mol. The Morgan fingerprint density at radius 2 is 1.71 bits per heavy atom. The molecule has 0 radical (unpaired) electrons. The summed E-state index contributed by atoms with van der Waals surface area (Å²) in [6.45, 7) is 4.01. The number of thioether (sulfide) groups is 1. The van der Waals surface area contributed by atoms with E-state index in [1.165, 1.54) is 30.2 Å². The third kappa shape index (κ3) is 7.24. The zero-order valence-electron chi connectivity index (χ0n) is 19.3. The smallest absolute Gasteiger partial charge is 0.255 e. The number of amides is 1. The van der Waals surface area contributed by atoms with Crippen LogP contribution in [0.25, 0.3) is 0 Å². The van der Waals surface area contributed by atoms with Gasteiger partial charge in [-0.05, 0) is 68.4 Å². The number of hydrogen-bond donors (Lipinski definition) is 2. The van der Waals surface area contributed by atoms with Crippen LogP contribution < -0.4 is 19.5 Å². The van der Waals surface area contributed by atoms with Crippen molar-refractivity contribution in [2.45, 2.75) is 29.7 Å². The lowest BCUT2D eigenvalue weighted by atomic mass is 10.2. The predicted octanol–water partition coefficient (Wildman–Crippen LogP) is 4.81. The molecule has 0 aromatic heterocycles. The van der Waals surface area contributed by atoms with Gasteiger partial charge < -0.3 is 14.8 Å². The maximum atomic E-state index is 12.8. The minimum atomic E-state index is -3.72. The summed E-state index contributed by atoms with van der Waals surface area (Å²) < 4.78 is 38.6. The van der Waals surface area contributed by atoms with Crippen LogP contribution in [-0.4, -0.2) is 39.8 Å². The van der Waals surface area contributed by atoms with E-state index >= 15 is 0 Å². The number of benzene rings is 3. The molecule has 2 N–H and O–H groups in total. The van der Waals surface area contributed by atoms with E-state index in [9.17, 15) is 13.2 Å². The molecular weight excluding hydrogens is 472 g/mol. The highest BCUT2D eigenvalue weighted by Gasteiger charge is 2.19. The fourth-order valence-corrected chi connectivity index (χ4v) is 5.09. The van der Waals surface area contributed by atoms with Crippen molar-refractivity contribution in [1.82, 2.24) is 4.72 Å². The standard InChI is InChI=1S/C25H28N2O5S2/c1-18(2)27-34(29,30)22-13-14-24(31-3)23(17-22)26-25(28)19-9-11-20(12-10-19)32-15-16-33-21-7-5-4-6-8-21/h4-14,17-18,27H,15-16H2,1-3H3,(H,26,28). The molecule has 0 aliphatic carbocycles. The lowest BCUT2D eigenvalue weighted by molar-refractivity contribution is 0.102. The molecular formula is C25H28N2O5S2. The van der Waals surface area contributed by atoms with Gasteiger partial charge in [0, 0.05) is 22.3 Å². The van der Waals surface area contributed by atoms with Gasteiger partial charge in [0.15, 0.2) is 0 Å². The molecule has 0 spiro atoms. The minimum absolute atomic E-state index is 0.0365. The van der Waals surface area contributed by atoms with Crippen LogP contribution in [0.1, 0.15) is 24.2 Å². The molecule has 180 valence electrons. The Bertz CT molecular complexity index is 1200. The first-order valence-corrected chi connectivity index (χ1v) is 13.2. The molecule has 34 heavy (non-hydrogen) atoms. The van der Waals surface area contributed by atoms with Gasteiger partial charge in [-0.3, -0.25) is 4.79 Å². The number of ether oxygens (including phenoxy) is 2. The van der Waals surface area contributed by atoms with Crippen molar-refractivity contribution in [3.8, 4) is 11.5 Å². The van der Waals surface area contributed by atoms with E-state index in [1.807, 2.05) is 18.2 Å². The van der Waals surface area contributed by atoms with Gasteiger partial charge in [-0.25, -0.2) is 13.1 Å². The summed E-state index contributed by atoms with van der Waals surface area (Å²) >= 11 is 1.71. The van der Waals surface area contributed by atoms with Crippen LogP contribution in [0.15, 0.2) is 82.6 Å². The Morgan fingerprint density at radius 3 is 2.35 bits per heavy atom. The van der Waals surface area contributed by atoms with Crippen molar-refractivity contribution in [1.29, 1.82) is 0 Å². The molecule has 0 unspecified atom stereocenters. The quantitative estimate of drug-likeness (QED) is 0.290. The largest absolute Gasteiger partial charge is 0.495 e. The van der Waals surface area contributed by atoms with Crippen molar-refractivity contribution in [3.63, 3.8) is 0 Å². The summed E-state index contributed by atoms with van der Waals surface area (Å²) in [6.07, 6.45) is 0. The number of methoxy groups -OCH3 is 1. The van der Waals surface area contributed by atoms with E-state index in [0.717, 1.165) is 5.75 Å². The Morgan fingerprint density at radius 1 is 1.00 bits per heavy atom. The molecule has 0 saturated carbocycles. The Balaban J connectivity index is 1.62. The number of carbonyl (C=O) groups is 1. The van der Waals surface area contributed by atoms with Gasteiger partial charge in [0.2, 0.25) is 10.0 Å². The van der Waals surface area contributed by atoms with E-state index < -0.39 is 15.9 Å². The first-order chi connectivity index (χ1) is 16.3. The van der Waals surface area contributed by atoms with E-state index in [2.05, 4.69) is 22.2 Å². The normalized spacial score (nSPS) is 11.3. The second-order valence-corrected chi connectivity index (χ2v) is 10.5. The van der Waals surface area contributed by atoms with Gasteiger partial charge in [0.25, 0.3) is 5.91 Å². The molecule has 0 aliphatic rings. The highest BCUT2D eigenvalue weighted by molar-refractivity contribution is 7.99. The lowest BCUT2D eigenvalue weighted by Gasteiger charge is -2.14. The summed E-state index contributed by atoms with van der Waals surface area (Å²) in [4.78, 5) is 14.0. The monoisotopic (exact) mass is 500 g/mol. The Hall–Kier alpha value is -3.01. The number of hydrogen-bond acceptors (Lipinski definition) is 6. The Labute approximate surface area is 204 Å².